The van der Waals surface area contributed by atoms with Gasteiger partial charge in [-0.15, -0.1) is 0 Å². The number of carboxylic acids is 2. The molecule has 2 aromatic heterocycles. The Kier molecular flexibility index (Phi) is 26.3. The summed E-state index contributed by atoms with van der Waals surface area (Å²) in [6.45, 7) is -1.06. The molecule has 0 aliphatic heterocycles. The molecule has 0 aliphatic carbocycles. The van der Waals surface area contributed by atoms with Gasteiger partial charge >= 0.3 is 130 Å². The van der Waals surface area contributed by atoms with Crippen molar-refractivity contribution < 1.29 is 185 Å². The van der Waals surface area contributed by atoms with Crippen molar-refractivity contribution in [3.05, 3.63) is 107 Å². The van der Waals surface area contributed by atoms with E-state index in [-0.39, 0.29) is 208 Å². The molecule has 0 spiro atoms. The number of ether oxygens (including phenoxy) is 2. The monoisotopic (exact) mass is 1010 g/mol. The molecule has 0 saturated carbocycles. The summed E-state index contributed by atoms with van der Waals surface area (Å²) >= 11 is 0.497. The number of carboxylic acid groups (broad SMARTS) is 2. The molecule has 2 heterocycles. The van der Waals surface area contributed by atoms with Crippen molar-refractivity contribution in [3.63, 3.8) is 0 Å². The van der Waals surface area contributed by atoms with E-state index in [2.05, 4.69) is 60.5 Å². The molecule has 6 aromatic rings. The number of carbonyl (C=O) groups is 2. The van der Waals surface area contributed by atoms with E-state index in [1.165, 1.54) is 78.9 Å². The van der Waals surface area contributed by atoms with Crippen molar-refractivity contribution in [1.82, 2.24) is 29.9 Å². The van der Waals surface area contributed by atoms with Gasteiger partial charge in [-0.25, -0.2) is 8.42 Å². The predicted molar refractivity (Wildman–Crippen MR) is 217 cm³/mol. The summed E-state index contributed by atoms with van der Waals surface area (Å²) in [5.74, 6) is -3.08. The number of hydrogen-bond acceptors (Lipinski definition) is 25. The molecule has 332 valence electrons. The molecular weight excluding hydrogens is 977 g/mol. The minimum atomic E-state index is -5.12. The van der Waals surface area contributed by atoms with Gasteiger partial charge in [0.2, 0.25) is 23.8 Å². The zero-order valence-corrected chi connectivity index (χ0v) is 46.0. The van der Waals surface area contributed by atoms with Crippen LogP contribution in [0.3, 0.4) is 0 Å². The third kappa shape index (κ3) is 18.3. The number of aliphatic hydroxyl groups excluding tert-OH is 2. The van der Waals surface area contributed by atoms with Crippen LogP contribution in [0.25, 0.3) is 12.2 Å². The van der Waals surface area contributed by atoms with E-state index in [1.54, 1.807) is 12.1 Å². The number of carbonyl (C=O) groups excluding carboxylic acids is 2. The summed E-state index contributed by atoms with van der Waals surface area (Å²) < 4.78 is 52.9. The zero-order valence-electron chi connectivity index (χ0n) is 36.4. The molecule has 0 fully saturated rings. The Bertz CT molecular complexity index is 2770. The van der Waals surface area contributed by atoms with E-state index in [0.717, 1.165) is 6.07 Å². The number of anilines is 8. The normalized spacial score (nSPS) is 10.6. The maximum Gasteiger partial charge on any atom is 1.00 e. The van der Waals surface area contributed by atoms with Crippen molar-refractivity contribution in [3.8, 4) is 12.0 Å². The quantitative estimate of drug-likeness (QED) is 0.00918. The number of aromatic carboxylic acids is 2. The molecule has 6 rings (SSSR count). The smallest absolute Gasteiger partial charge is 0.744 e. The van der Waals surface area contributed by atoms with Crippen molar-refractivity contribution in [2.75, 3.05) is 47.7 Å². The van der Waals surface area contributed by atoms with Gasteiger partial charge in [-0.05, 0) is 70.8 Å². The first kappa shape index (κ1) is 60.6. The van der Waals surface area contributed by atoms with E-state index >= 15 is 0 Å². The van der Waals surface area contributed by atoms with Gasteiger partial charge in [0.1, 0.15) is 23.3 Å². The Morgan fingerprint density at radius 1 is 0.588 bits per heavy atom. The van der Waals surface area contributed by atoms with Crippen molar-refractivity contribution in [2.24, 2.45) is 0 Å². The van der Waals surface area contributed by atoms with E-state index < -0.39 is 27.0 Å². The van der Waals surface area contributed by atoms with Gasteiger partial charge in [-0.3, -0.25) is 5.04 Å². The van der Waals surface area contributed by atoms with Crippen LogP contribution in [0.15, 0.2) is 94.7 Å². The Balaban J connectivity index is 0.00000397. The van der Waals surface area contributed by atoms with E-state index in [4.69, 9.17) is 9.47 Å². The van der Waals surface area contributed by atoms with Crippen LogP contribution in [0.2, 0.25) is 0 Å². The number of aliphatic hydroxyl groups is 2. The van der Waals surface area contributed by atoms with Crippen molar-refractivity contribution >= 4 is 92.8 Å². The largest absolute Gasteiger partial charge is 1.00 e. The van der Waals surface area contributed by atoms with Crippen LogP contribution < -0.4 is 164 Å². The molecule has 0 saturated heterocycles. The first-order valence-electron chi connectivity index (χ1n) is 18.1. The maximum absolute atomic E-state index is 12.5. The first-order valence-corrected chi connectivity index (χ1v) is 20.2. The average molecular weight is 1010 g/mol. The molecule has 0 unspecified atom stereocenters. The fourth-order valence-electron chi connectivity index (χ4n) is 5.25. The number of nitrogens with zero attached hydrogens (tertiary/aromatic N) is 6. The molecule has 4 aromatic carbocycles. The Morgan fingerprint density at radius 2 is 0.971 bits per heavy atom. The van der Waals surface area contributed by atoms with Crippen LogP contribution in [0.1, 0.15) is 31.8 Å². The van der Waals surface area contributed by atoms with Crippen LogP contribution in [-0.4, -0.2) is 91.5 Å². The number of benzene rings is 4. The average Bonchev–Trinajstić information content (AvgIpc) is 3.26. The topological polar surface area (TPSA) is 363 Å². The summed E-state index contributed by atoms with van der Waals surface area (Å²) in [5.41, 5.74) is 1.35. The SMILES string of the molecule is O=C([O-])c1ccc(Nc2nc(Nc3ccc(/C=C/c4ccc(Nc5nc(Nc6ccc(C(=O)[O-])cc6)nc(OCCO)n5)cc4S(=O)(=O)[O-])c(SOO[O-])c3)nc(OCCO)n2)cc1.[Na+].[Na+].[Na+].[Na+]. The second-order valence-corrected chi connectivity index (χ2v) is 14.5. The van der Waals surface area contributed by atoms with Crippen LogP contribution >= 0.6 is 12.0 Å². The number of hydrogen-bond donors (Lipinski definition) is 6. The minimum absolute atomic E-state index is 0. The number of nitrogens with one attached hydrogen (secondary N) is 4. The summed E-state index contributed by atoms with van der Waals surface area (Å²) in [7, 11) is -5.12. The Labute approximate surface area is 479 Å². The molecule has 30 heteroatoms. The maximum atomic E-state index is 12.5. The summed E-state index contributed by atoms with van der Waals surface area (Å²) in [6, 6.07) is 18.9. The van der Waals surface area contributed by atoms with Gasteiger partial charge < -0.3 is 70.6 Å². The Hall–Kier alpha value is -3.56. The van der Waals surface area contributed by atoms with Crippen LogP contribution in [-0.2, 0) is 19.5 Å². The van der Waals surface area contributed by atoms with Crippen LogP contribution in [0.5, 0.6) is 12.0 Å². The second-order valence-electron chi connectivity index (χ2n) is 12.4. The molecule has 24 nitrogen and oxygen atoms in total. The van der Waals surface area contributed by atoms with Gasteiger partial charge in [0, 0.05) is 27.6 Å². The summed E-state index contributed by atoms with van der Waals surface area (Å²) in [6.07, 6.45) is 2.76. The molecule has 0 atom stereocenters. The molecule has 6 N–H and O–H groups in total. The Morgan fingerprint density at radius 3 is 1.37 bits per heavy atom. The van der Waals surface area contributed by atoms with E-state index in [0.29, 0.717) is 34.7 Å². The van der Waals surface area contributed by atoms with Crippen molar-refractivity contribution in [2.45, 2.75) is 9.79 Å². The predicted octanol–water partition coefficient (Wildman–Crippen LogP) is -11.2. The van der Waals surface area contributed by atoms with E-state index in [1.807, 2.05) is 0 Å². The molecular formula is C38H30N10Na4O14S2. The molecule has 0 amide bonds. The summed E-state index contributed by atoms with van der Waals surface area (Å²) in [4.78, 5) is 47.0. The van der Waals surface area contributed by atoms with Crippen LogP contribution in [0.4, 0.5) is 46.5 Å². The first-order chi connectivity index (χ1) is 30.8. The number of rotatable bonds is 22. The third-order valence-electron chi connectivity index (χ3n) is 8.03. The van der Waals surface area contributed by atoms with Crippen LogP contribution in [0, 0.1) is 0 Å². The van der Waals surface area contributed by atoms with Gasteiger partial charge in [-0.2, -0.15) is 34.2 Å². The fourth-order valence-corrected chi connectivity index (χ4v) is 6.46. The molecule has 68 heavy (non-hydrogen) atoms. The zero-order chi connectivity index (χ0) is 45.6. The standard InChI is InChI=1S/C38H34N10O14S2.4Na/c49-15-17-59-37-45-33(39-25-9-5-23(6-10-25)31(51)52)43-35(47-37)41-27-13-3-21(29(19-27)63-62-61-55)1-2-22-4-14-28(20-30(22)64(56,57)58)42-36-44-34(46-38(48-36)60-18-16-50)40-26-11-7-24(8-12-26)32(53)54;;;;/h1-14,19-20,49-50,55H,15-18H2,(H,51,52)(H,53,54)(H,56,57,58)(H2,39,41,43,45,47)(H2,40,42,44,46,48);;;;/q;4*+1/p-4/b2-1+;;;;. The molecule has 0 aliphatic rings. The van der Waals surface area contributed by atoms with Gasteiger partial charge in [0.25, 0.3) is 0 Å². The van der Waals surface area contributed by atoms with Gasteiger partial charge in [0.15, 0.2) is 0 Å². The minimum Gasteiger partial charge on any atom is -0.744 e. The molecule has 0 bridgehead atoms. The second kappa shape index (κ2) is 29.6. The van der Waals surface area contributed by atoms with Gasteiger partial charge in [0.05, 0.1) is 42.1 Å². The fraction of sp³-hybridized carbons (Fsp3) is 0.105. The van der Waals surface area contributed by atoms with E-state index in [9.17, 15) is 48.2 Å². The van der Waals surface area contributed by atoms with Gasteiger partial charge in [-0.1, -0.05) is 48.6 Å². The summed E-state index contributed by atoms with van der Waals surface area (Å²) in [5, 5.41) is 66.6. The molecule has 0 radical (unpaired) electrons. The third-order valence-corrected chi connectivity index (χ3v) is 9.58. The van der Waals surface area contributed by atoms with Crippen molar-refractivity contribution in [1.29, 1.82) is 0 Å². The number of aromatic nitrogens is 6.